The predicted octanol–water partition coefficient (Wildman–Crippen LogP) is 5.56. The van der Waals surface area contributed by atoms with Crippen LogP contribution in [0.1, 0.15) is 29.0 Å². The zero-order chi connectivity index (χ0) is 20.9. The highest BCUT2D eigenvalue weighted by Gasteiger charge is 2.34. The number of fused-ring (bicyclic) bond motifs is 1. The van der Waals surface area contributed by atoms with Crippen LogP contribution in [0.4, 0.5) is 5.69 Å². The second-order valence-corrected chi connectivity index (χ2v) is 8.06. The van der Waals surface area contributed by atoms with Crippen LogP contribution in [0.5, 0.6) is 5.75 Å². The van der Waals surface area contributed by atoms with Gasteiger partial charge in [-0.05, 0) is 53.4 Å². The highest BCUT2D eigenvalue weighted by Crippen LogP contribution is 2.41. The van der Waals surface area contributed by atoms with Gasteiger partial charge in [0.1, 0.15) is 5.75 Å². The van der Waals surface area contributed by atoms with Gasteiger partial charge < -0.3 is 15.2 Å². The SMILES string of the molecule is O=C(O)CC1c2cc(OCCc3ccccc3)ccc2NC1Cc1ccc(Cl)cc1. The maximum absolute atomic E-state index is 11.5. The zero-order valence-electron chi connectivity index (χ0n) is 16.6. The van der Waals surface area contributed by atoms with E-state index in [1.165, 1.54) is 5.56 Å². The quantitative estimate of drug-likeness (QED) is 0.500. The van der Waals surface area contributed by atoms with Crippen LogP contribution in [0.2, 0.25) is 5.02 Å². The van der Waals surface area contributed by atoms with Crippen molar-refractivity contribution in [3.8, 4) is 5.75 Å². The summed E-state index contributed by atoms with van der Waals surface area (Å²) in [5.74, 6) is -0.147. The fourth-order valence-electron chi connectivity index (χ4n) is 4.03. The van der Waals surface area contributed by atoms with Crippen LogP contribution in [-0.4, -0.2) is 23.7 Å². The minimum atomic E-state index is -0.800. The summed E-state index contributed by atoms with van der Waals surface area (Å²) in [5.41, 5.74) is 4.34. The van der Waals surface area contributed by atoms with Gasteiger partial charge in [0.2, 0.25) is 0 Å². The Bertz CT molecular complexity index is 1000. The Morgan fingerprint density at radius 2 is 1.77 bits per heavy atom. The van der Waals surface area contributed by atoms with Crippen molar-refractivity contribution in [2.24, 2.45) is 0 Å². The van der Waals surface area contributed by atoms with E-state index in [2.05, 4.69) is 17.4 Å². The van der Waals surface area contributed by atoms with Crippen molar-refractivity contribution in [1.29, 1.82) is 0 Å². The molecule has 1 aliphatic heterocycles. The molecular formula is C25H24ClNO3. The number of ether oxygens (including phenoxy) is 1. The van der Waals surface area contributed by atoms with Crippen LogP contribution in [0.3, 0.4) is 0 Å². The largest absolute Gasteiger partial charge is 0.493 e. The first-order valence-corrected chi connectivity index (χ1v) is 10.5. The average molecular weight is 422 g/mol. The van der Waals surface area contributed by atoms with Crippen molar-refractivity contribution < 1.29 is 14.6 Å². The molecule has 30 heavy (non-hydrogen) atoms. The molecule has 2 atom stereocenters. The lowest BCUT2D eigenvalue weighted by atomic mass is 9.88. The highest BCUT2D eigenvalue weighted by atomic mass is 35.5. The molecule has 0 bridgehead atoms. The number of carboxylic acid groups (broad SMARTS) is 1. The highest BCUT2D eigenvalue weighted by molar-refractivity contribution is 6.30. The van der Waals surface area contributed by atoms with Gasteiger partial charge in [-0.3, -0.25) is 4.79 Å². The summed E-state index contributed by atoms with van der Waals surface area (Å²) in [4.78, 5) is 11.5. The molecule has 0 aromatic heterocycles. The van der Waals surface area contributed by atoms with Crippen molar-refractivity contribution in [2.75, 3.05) is 11.9 Å². The molecule has 2 N–H and O–H groups in total. The van der Waals surface area contributed by atoms with E-state index in [-0.39, 0.29) is 18.4 Å². The van der Waals surface area contributed by atoms with E-state index in [1.54, 1.807) is 0 Å². The fraction of sp³-hybridized carbons (Fsp3) is 0.240. The molecule has 2 unspecified atom stereocenters. The third-order valence-electron chi connectivity index (χ3n) is 5.51. The Kier molecular flexibility index (Phi) is 6.24. The number of nitrogens with one attached hydrogen (secondary N) is 1. The molecule has 0 saturated carbocycles. The van der Waals surface area contributed by atoms with Crippen LogP contribution in [-0.2, 0) is 17.6 Å². The van der Waals surface area contributed by atoms with E-state index >= 15 is 0 Å². The lowest BCUT2D eigenvalue weighted by Crippen LogP contribution is -2.25. The monoisotopic (exact) mass is 421 g/mol. The van der Waals surface area contributed by atoms with Gasteiger partial charge in [-0.15, -0.1) is 0 Å². The van der Waals surface area contributed by atoms with Crippen LogP contribution in [0.15, 0.2) is 72.8 Å². The third kappa shape index (κ3) is 4.95. The molecule has 3 aromatic rings. The molecule has 4 nitrogen and oxygen atoms in total. The molecule has 0 spiro atoms. The van der Waals surface area contributed by atoms with E-state index in [1.807, 2.05) is 60.7 Å². The van der Waals surface area contributed by atoms with Gasteiger partial charge in [0.25, 0.3) is 0 Å². The number of hydrogen-bond donors (Lipinski definition) is 2. The summed E-state index contributed by atoms with van der Waals surface area (Å²) in [6, 6.07) is 23.9. The van der Waals surface area contributed by atoms with E-state index in [9.17, 15) is 9.90 Å². The molecule has 5 heteroatoms. The van der Waals surface area contributed by atoms with Crippen LogP contribution in [0, 0.1) is 0 Å². The van der Waals surface area contributed by atoms with Gasteiger partial charge in [0, 0.05) is 29.1 Å². The Labute approximate surface area is 181 Å². The molecule has 0 fully saturated rings. The Hall–Kier alpha value is -2.98. The molecule has 4 rings (SSSR count). The van der Waals surface area contributed by atoms with Crippen molar-refractivity contribution in [3.63, 3.8) is 0 Å². The molecule has 3 aromatic carbocycles. The molecule has 0 amide bonds. The van der Waals surface area contributed by atoms with Gasteiger partial charge in [-0.1, -0.05) is 54.1 Å². The number of rotatable bonds is 8. The molecule has 1 heterocycles. The van der Waals surface area contributed by atoms with E-state index < -0.39 is 5.97 Å². The predicted molar refractivity (Wildman–Crippen MR) is 120 cm³/mol. The minimum Gasteiger partial charge on any atom is -0.493 e. The van der Waals surface area contributed by atoms with Crippen molar-refractivity contribution in [3.05, 3.63) is 94.5 Å². The molecule has 1 aliphatic rings. The fourth-order valence-corrected chi connectivity index (χ4v) is 4.15. The first-order valence-electron chi connectivity index (χ1n) is 10.1. The summed E-state index contributed by atoms with van der Waals surface area (Å²) < 4.78 is 5.97. The van der Waals surface area contributed by atoms with Gasteiger partial charge >= 0.3 is 5.97 Å². The third-order valence-corrected chi connectivity index (χ3v) is 5.77. The number of carbonyl (C=O) groups is 1. The zero-order valence-corrected chi connectivity index (χ0v) is 17.3. The maximum atomic E-state index is 11.5. The topological polar surface area (TPSA) is 58.6 Å². The Morgan fingerprint density at radius 3 is 2.50 bits per heavy atom. The van der Waals surface area contributed by atoms with Crippen molar-refractivity contribution in [2.45, 2.75) is 31.2 Å². The molecular weight excluding hydrogens is 398 g/mol. The standard InChI is InChI=1S/C25H24ClNO3/c26-19-8-6-18(7-9-19)14-24-22(16-25(28)29)21-15-20(10-11-23(21)27-24)30-13-12-17-4-2-1-3-5-17/h1-11,15,22,24,27H,12-14,16H2,(H,28,29). The molecule has 0 aliphatic carbocycles. The first-order chi connectivity index (χ1) is 14.6. The normalized spacial score (nSPS) is 17.2. The van der Waals surface area contributed by atoms with E-state index in [0.717, 1.165) is 35.4 Å². The van der Waals surface area contributed by atoms with Crippen molar-refractivity contribution >= 4 is 23.3 Å². The van der Waals surface area contributed by atoms with Gasteiger partial charge in [0.15, 0.2) is 0 Å². The average Bonchev–Trinajstić information content (AvgIpc) is 3.06. The smallest absolute Gasteiger partial charge is 0.304 e. The second kappa shape index (κ2) is 9.23. The van der Waals surface area contributed by atoms with E-state index in [4.69, 9.17) is 16.3 Å². The molecule has 0 saturated heterocycles. The summed E-state index contributed by atoms with van der Waals surface area (Å²) in [7, 11) is 0. The maximum Gasteiger partial charge on any atom is 0.304 e. The van der Waals surface area contributed by atoms with Crippen molar-refractivity contribution in [1.82, 2.24) is 0 Å². The number of aliphatic carboxylic acids is 1. The van der Waals surface area contributed by atoms with Crippen LogP contribution < -0.4 is 10.1 Å². The summed E-state index contributed by atoms with van der Waals surface area (Å²) >= 11 is 5.99. The number of anilines is 1. The first kappa shape index (κ1) is 20.3. The van der Waals surface area contributed by atoms with Gasteiger partial charge in [0.05, 0.1) is 13.0 Å². The van der Waals surface area contributed by atoms with Gasteiger partial charge in [-0.2, -0.15) is 0 Å². The lowest BCUT2D eigenvalue weighted by Gasteiger charge is -2.19. The summed E-state index contributed by atoms with van der Waals surface area (Å²) in [6.45, 7) is 0.577. The lowest BCUT2D eigenvalue weighted by molar-refractivity contribution is -0.137. The second-order valence-electron chi connectivity index (χ2n) is 7.62. The van der Waals surface area contributed by atoms with Gasteiger partial charge in [-0.25, -0.2) is 0 Å². The number of benzene rings is 3. The Balaban J connectivity index is 1.47. The van der Waals surface area contributed by atoms with Crippen LogP contribution in [0.25, 0.3) is 0 Å². The van der Waals surface area contributed by atoms with E-state index in [0.29, 0.717) is 11.6 Å². The number of hydrogen-bond acceptors (Lipinski definition) is 3. The number of halogens is 1. The molecule has 154 valence electrons. The Morgan fingerprint density at radius 1 is 1.00 bits per heavy atom. The number of carboxylic acids is 1. The molecule has 0 radical (unpaired) electrons. The summed E-state index contributed by atoms with van der Waals surface area (Å²) in [6.07, 6.45) is 1.63. The minimum absolute atomic E-state index is 0.0110. The summed E-state index contributed by atoms with van der Waals surface area (Å²) in [5, 5.41) is 13.7. The van der Waals surface area contributed by atoms with Crippen LogP contribution >= 0.6 is 11.6 Å².